The van der Waals surface area contributed by atoms with E-state index in [1.54, 1.807) is 0 Å². The Labute approximate surface area is 207 Å². The Morgan fingerprint density at radius 3 is 2.36 bits per heavy atom. The lowest BCUT2D eigenvalue weighted by Crippen LogP contribution is -2.50. The number of allylic oxidation sites excluding steroid dienone is 3. The third-order valence-electron chi connectivity index (χ3n) is 9.91. The number of alkyl halides is 1. The van der Waals surface area contributed by atoms with Crippen molar-refractivity contribution in [2.75, 3.05) is 0 Å². The van der Waals surface area contributed by atoms with Crippen molar-refractivity contribution in [3.63, 3.8) is 0 Å². The summed E-state index contributed by atoms with van der Waals surface area (Å²) < 4.78 is 0. The van der Waals surface area contributed by atoms with Crippen LogP contribution in [-0.4, -0.2) is 16.4 Å². The second kappa shape index (κ2) is 8.95. The van der Waals surface area contributed by atoms with Crippen molar-refractivity contribution < 1.29 is 9.59 Å². The van der Waals surface area contributed by atoms with Gasteiger partial charge in [-0.2, -0.15) is 0 Å². The lowest BCUT2D eigenvalue weighted by atomic mass is 9.47. The minimum absolute atomic E-state index is 0.0246. The van der Waals surface area contributed by atoms with Crippen molar-refractivity contribution in [2.45, 2.75) is 82.9 Å². The number of hydrogen-bond acceptors (Lipinski definition) is 2. The van der Waals surface area contributed by atoms with Crippen molar-refractivity contribution in [3.8, 4) is 0 Å². The van der Waals surface area contributed by atoms with Crippen LogP contribution >= 0.6 is 15.9 Å². The number of rotatable bonds is 2. The first-order valence-electron chi connectivity index (χ1n) is 13.0. The number of fused-ring (bicyclic) bond motifs is 5. The van der Waals surface area contributed by atoms with Gasteiger partial charge in [-0.25, -0.2) is 0 Å². The monoisotopic (exact) mass is 508 g/mol. The number of hydrogen-bond donors (Lipinski definition) is 0. The van der Waals surface area contributed by atoms with E-state index in [1.807, 2.05) is 6.08 Å². The molecule has 5 aliphatic rings. The fourth-order valence-electron chi connectivity index (χ4n) is 7.72. The predicted octanol–water partition coefficient (Wildman–Crippen LogP) is 7.41. The molecule has 33 heavy (non-hydrogen) atoms. The number of benzene rings is 1. The molecule has 1 aromatic carbocycles. The van der Waals surface area contributed by atoms with Gasteiger partial charge in [0.1, 0.15) is 5.78 Å². The highest BCUT2D eigenvalue weighted by Gasteiger charge is 2.58. The maximum Gasteiger partial charge on any atom is 0.155 e. The molecule has 0 aliphatic heterocycles. The molecule has 2 nitrogen and oxygen atoms in total. The lowest BCUT2D eigenvalue weighted by molar-refractivity contribution is -0.132. The van der Waals surface area contributed by atoms with E-state index < -0.39 is 0 Å². The van der Waals surface area contributed by atoms with Crippen molar-refractivity contribution >= 4 is 27.5 Å². The highest BCUT2D eigenvalue weighted by atomic mass is 79.9. The zero-order valence-electron chi connectivity index (χ0n) is 20.1. The summed E-state index contributed by atoms with van der Waals surface area (Å²) in [6, 6.07) is 10.6. The van der Waals surface area contributed by atoms with Gasteiger partial charge in [0.25, 0.3) is 0 Å². The Bertz CT molecular complexity index is 992. The molecule has 3 fully saturated rings. The summed E-state index contributed by atoms with van der Waals surface area (Å²) in [5.74, 6) is 2.88. The molecule has 176 valence electrons. The Kier molecular flexibility index (Phi) is 6.31. The van der Waals surface area contributed by atoms with Gasteiger partial charge >= 0.3 is 0 Å². The first-order chi connectivity index (χ1) is 15.8. The third-order valence-corrected chi connectivity index (χ3v) is 10.9. The molecule has 1 unspecified atom stereocenters. The molecule has 6 rings (SSSR count). The molecule has 5 aliphatic carbocycles. The molecule has 0 N–H and O–H groups in total. The van der Waals surface area contributed by atoms with Gasteiger partial charge in [0.15, 0.2) is 5.78 Å². The molecule has 0 spiro atoms. The minimum atomic E-state index is -0.0246. The zero-order valence-corrected chi connectivity index (χ0v) is 21.7. The van der Waals surface area contributed by atoms with Crippen molar-refractivity contribution in [1.82, 2.24) is 0 Å². The first kappa shape index (κ1) is 23.3. The lowest BCUT2D eigenvalue weighted by Gasteiger charge is -2.56. The number of Topliss-reactive ketones (excluding diaryl/α,β-unsaturated/α-hetero) is 1. The van der Waals surface area contributed by atoms with Gasteiger partial charge in [0.05, 0.1) is 0 Å². The highest BCUT2D eigenvalue weighted by Crippen LogP contribution is 2.64. The molecule has 3 saturated carbocycles. The molecular formula is C30H37BrO2. The summed E-state index contributed by atoms with van der Waals surface area (Å²) in [5, 5.41) is 0. The molecule has 0 heterocycles. The summed E-state index contributed by atoms with van der Waals surface area (Å²) in [6.45, 7) is 4.64. The molecule has 0 amide bonds. The van der Waals surface area contributed by atoms with Crippen LogP contribution in [0.15, 0.2) is 53.6 Å². The molecular weight excluding hydrogens is 472 g/mol. The van der Waals surface area contributed by atoms with Gasteiger partial charge in [-0.3, -0.25) is 9.59 Å². The van der Waals surface area contributed by atoms with Gasteiger partial charge in [0, 0.05) is 23.1 Å². The van der Waals surface area contributed by atoms with Crippen LogP contribution in [0, 0.1) is 28.6 Å². The van der Waals surface area contributed by atoms with E-state index in [2.05, 4.69) is 66.2 Å². The van der Waals surface area contributed by atoms with Crippen molar-refractivity contribution in [1.29, 1.82) is 0 Å². The van der Waals surface area contributed by atoms with Crippen LogP contribution in [0.5, 0.6) is 0 Å². The van der Waals surface area contributed by atoms with Crippen LogP contribution < -0.4 is 0 Å². The van der Waals surface area contributed by atoms with E-state index in [0.29, 0.717) is 34.1 Å². The molecule has 1 aromatic rings. The molecule has 0 bridgehead atoms. The van der Waals surface area contributed by atoms with E-state index in [-0.39, 0.29) is 10.8 Å². The largest absolute Gasteiger partial charge is 0.299 e. The Morgan fingerprint density at radius 2 is 1.67 bits per heavy atom. The Hall–Kier alpha value is -1.48. The maximum atomic E-state index is 12.4. The van der Waals surface area contributed by atoms with Crippen LogP contribution in [0.2, 0.25) is 0 Å². The molecule has 6 atom stereocenters. The van der Waals surface area contributed by atoms with E-state index >= 15 is 0 Å². The van der Waals surface area contributed by atoms with E-state index in [0.717, 1.165) is 44.9 Å². The smallest absolute Gasteiger partial charge is 0.155 e. The summed E-state index contributed by atoms with van der Waals surface area (Å²) in [7, 11) is 0. The van der Waals surface area contributed by atoms with Crippen molar-refractivity contribution in [3.05, 3.63) is 59.2 Å². The number of carbonyl (C=O) groups is 2. The average Bonchev–Trinajstić information content (AvgIpc) is 3.12. The Balaban J connectivity index is 0.000000162. The second-order valence-corrected chi connectivity index (χ2v) is 12.6. The maximum absolute atomic E-state index is 12.4. The van der Waals surface area contributed by atoms with Crippen LogP contribution in [-0.2, 0) is 16.0 Å². The quantitative estimate of drug-likeness (QED) is 0.307. The van der Waals surface area contributed by atoms with Crippen LogP contribution in [0.4, 0.5) is 0 Å². The number of ketones is 2. The SMILES string of the molecule is BrC1CC=C1Cc1ccccc1.C[C@]12CCC(=O)C=C1CC[C@@H]1[C@@H]2CC[C@]2(C)C(=O)CC[C@@H]12. The third kappa shape index (κ3) is 4.13. The summed E-state index contributed by atoms with van der Waals surface area (Å²) in [5.41, 5.74) is 4.58. The Morgan fingerprint density at radius 1 is 0.909 bits per heavy atom. The summed E-state index contributed by atoms with van der Waals surface area (Å²) >= 11 is 3.62. The standard InChI is InChI=1S/C19H26O2.C11H11Br/c1-18-9-7-13(20)11-12(18)3-4-14-15-5-6-17(21)19(15,2)10-8-16(14)18;12-11-7-6-10(11)8-9-4-2-1-3-5-9/h11,14-16H,3-10H2,1-2H3;1-6,11H,7-8H2/t14-,15-,16-,18-,19-;/m0./s1. The minimum Gasteiger partial charge on any atom is -0.299 e. The van der Waals surface area contributed by atoms with Gasteiger partial charge < -0.3 is 0 Å². The first-order valence-corrected chi connectivity index (χ1v) is 13.9. The summed E-state index contributed by atoms with van der Waals surface area (Å²) in [6.07, 6.45) is 14.8. The van der Waals surface area contributed by atoms with Crippen LogP contribution in [0.1, 0.15) is 77.2 Å². The number of halogens is 1. The topological polar surface area (TPSA) is 34.1 Å². The van der Waals surface area contributed by atoms with Gasteiger partial charge in [0.2, 0.25) is 0 Å². The fraction of sp³-hybridized carbons (Fsp3) is 0.600. The molecule has 0 saturated heterocycles. The van der Waals surface area contributed by atoms with Crippen LogP contribution in [0.3, 0.4) is 0 Å². The normalized spacial score (nSPS) is 39.1. The van der Waals surface area contributed by atoms with Crippen LogP contribution in [0.25, 0.3) is 0 Å². The molecule has 3 heteroatoms. The van der Waals surface area contributed by atoms with E-state index in [4.69, 9.17) is 0 Å². The average molecular weight is 510 g/mol. The second-order valence-electron chi connectivity index (χ2n) is 11.5. The van der Waals surface area contributed by atoms with E-state index in [9.17, 15) is 9.59 Å². The molecule has 0 aromatic heterocycles. The summed E-state index contributed by atoms with van der Waals surface area (Å²) in [4.78, 5) is 24.8. The highest BCUT2D eigenvalue weighted by molar-refractivity contribution is 9.09. The van der Waals surface area contributed by atoms with Crippen molar-refractivity contribution in [2.24, 2.45) is 28.6 Å². The number of carbonyl (C=O) groups excluding carboxylic acids is 2. The van der Waals surface area contributed by atoms with Gasteiger partial charge in [-0.1, -0.05) is 77.3 Å². The van der Waals surface area contributed by atoms with Gasteiger partial charge in [-0.05, 0) is 86.2 Å². The van der Waals surface area contributed by atoms with E-state index in [1.165, 1.54) is 36.0 Å². The predicted molar refractivity (Wildman–Crippen MR) is 137 cm³/mol. The van der Waals surface area contributed by atoms with Gasteiger partial charge in [-0.15, -0.1) is 0 Å². The molecule has 0 radical (unpaired) electrons. The zero-order chi connectivity index (χ0) is 23.2. The fourth-order valence-corrected chi connectivity index (χ4v) is 8.25.